The van der Waals surface area contributed by atoms with Crippen molar-refractivity contribution in [3.05, 3.63) is 0 Å². The number of carbonyl (C=O) groups is 5. The molecular formula is C11H15N3O6. The van der Waals surface area contributed by atoms with Gasteiger partial charge in [0.1, 0.15) is 6.04 Å². The lowest BCUT2D eigenvalue weighted by Gasteiger charge is -2.15. The molecule has 1 aliphatic heterocycles. The van der Waals surface area contributed by atoms with E-state index in [1.165, 1.54) is 0 Å². The van der Waals surface area contributed by atoms with Crippen molar-refractivity contribution in [2.45, 2.75) is 31.7 Å². The van der Waals surface area contributed by atoms with Gasteiger partial charge in [0.15, 0.2) is 0 Å². The Morgan fingerprint density at radius 2 is 1.80 bits per heavy atom. The summed E-state index contributed by atoms with van der Waals surface area (Å²) in [5, 5.41) is 10.9. The summed E-state index contributed by atoms with van der Waals surface area (Å²) in [5.74, 6) is -3.62. The fraction of sp³-hybridized carbons (Fsp3) is 0.545. The molecule has 9 nitrogen and oxygen atoms in total. The van der Waals surface area contributed by atoms with Gasteiger partial charge in [-0.05, 0) is 0 Å². The number of carboxylic acids is 1. The lowest BCUT2D eigenvalue weighted by atomic mass is 10.2. The number of hydrogen-bond donors (Lipinski definition) is 3. The molecule has 0 aromatic heterocycles. The number of nitrogens with zero attached hydrogens (tertiary/aromatic N) is 1. The smallest absolute Gasteiger partial charge is 0.326 e. The molecule has 0 aromatic carbocycles. The highest BCUT2D eigenvalue weighted by Gasteiger charge is 2.29. The molecule has 1 heterocycles. The van der Waals surface area contributed by atoms with Gasteiger partial charge in [0.2, 0.25) is 23.6 Å². The number of hydrogen-bond acceptors (Lipinski definition) is 5. The van der Waals surface area contributed by atoms with Crippen molar-refractivity contribution in [2.24, 2.45) is 5.73 Å². The molecule has 0 saturated carbocycles. The highest BCUT2D eigenvalue weighted by atomic mass is 16.4. The molecule has 4 amide bonds. The standard InChI is InChI=1S/C11H15N3O6/c12-7(15)5-6(11(19)20)13-8(16)3-4-14-9(17)1-2-10(14)18/h6H,1-5H2,(H2,12,15)(H,13,16)(H,19,20)/t6-/m1/s1. The summed E-state index contributed by atoms with van der Waals surface area (Å²) in [6, 6.07) is -1.41. The number of rotatable bonds is 7. The Kier molecular flexibility index (Phi) is 5.18. The van der Waals surface area contributed by atoms with Crippen LogP contribution >= 0.6 is 0 Å². The lowest BCUT2D eigenvalue weighted by molar-refractivity contribution is -0.144. The quantitative estimate of drug-likeness (QED) is 0.459. The summed E-state index contributed by atoms with van der Waals surface area (Å²) in [6.45, 7) is -0.105. The second-order valence-corrected chi connectivity index (χ2v) is 4.32. The molecule has 0 aromatic rings. The Bertz CT molecular complexity index is 445. The van der Waals surface area contributed by atoms with Crippen LogP contribution in [0.25, 0.3) is 0 Å². The topological polar surface area (TPSA) is 147 Å². The van der Waals surface area contributed by atoms with Crippen molar-refractivity contribution >= 4 is 29.6 Å². The van der Waals surface area contributed by atoms with Gasteiger partial charge in [-0.2, -0.15) is 0 Å². The van der Waals surface area contributed by atoms with Crippen LogP contribution in [-0.4, -0.2) is 52.2 Å². The number of likely N-dealkylation sites (tertiary alicyclic amines) is 1. The summed E-state index contributed by atoms with van der Waals surface area (Å²) in [6.07, 6.45) is -0.498. The molecule has 0 aliphatic carbocycles. The average Bonchev–Trinajstić information content (AvgIpc) is 2.65. The molecule has 9 heteroatoms. The minimum atomic E-state index is -1.41. The molecule has 0 unspecified atom stereocenters. The second kappa shape index (κ2) is 6.64. The second-order valence-electron chi connectivity index (χ2n) is 4.32. The molecule has 20 heavy (non-hydrogen) atoms. The van der Waals surface area contributed by atoms with Crippen LogP contribution in [-0.2, 0) is 24.0 Å². The van der Waals surface area contributed by atoms with Gasteiger partial charge in [-0.25, -0.2) is 4.79 Å². The summed E-state index contributed by atoms with van der Waals surface area (Å²) in [5.41, 5.74) is 4.87. The molecule has 0 radical (unpaired) electrons. The van der Waals surface area contributed by atoms with Gasteiger partial charge in [0.25, 0.3) is 0 Å². The van der Waals surface area contributed by atoms with E-state index in [1.807, 2.05) is 0 Å². The first-order valence-electron chi connectivity index (χ1n) is 5.95. The van der Waals surface area contributed by atoms with Crippen LogP contribution in [0.5, 0.6) is 0 Å². The van der Waals surface area contributed by atoms with Crippen LogP contribution in [0.4, 0.5) is 0 Å². The third-order valence-corrected chi connectivity index (χ3v) is 2.76. The van der Waals surface area contributed by atoms with Crippen molar-refractivity contribution in [1.82, 2.24) is 10.2 Å². The highest BCUT2D eigenvalue weighted by Crippen LogP contribution is 2.11. The zero-order chi connectivity index (χ0) is 15.3. The van der Waals surface area contributed by atoms with E-state index in [-0.39, 0.29) is 37.6 Å². The van der Waals surface area contributed by atoms with Crippen LogP contribution in [0.3, 0.4) is 0 Å². The fourth-order valence-corrected chi connectivity index (χ4v) is 1.75. The molecular weight excluding hydrogens is 270 g/mol. The van der Waals surface area contributed by atoms with E-state index < -0.39 is 30.2 Å². The largest absolute Gasteiger partial charge is 0.480 e. The molecule has 1 atom stereocenters. The third kappa shape index (κ3) is 4.34. The fourth-order valence-electron chi connectivity index (χ4n) is 1.75. The van der Waals surface area contributed by atoms with Crippen molar-refractivity contribution < 1.29 is 29.1 Å². The summed E-state index contributed by atoms with van der Waals surface area (Å²) in [4.78, 5) is 56.5. The van der Waals surface area contributed by atoms with Crippen LogP contribution in [0.1, 0.15) is 25.7 Å². The number of aliphatic carboxylic acids is 1. The third-order valence-electron chi connectivity index (χ3n) is 2.76. The van der Waals surface area contributed by atoms with E-state index >= 15 is 0 Å². The number of amides is 4. The number of carbonyl (C=O) groups excluding carboxylic acids is 4. The number of nitrogens with one attached hydrogen (secondary N) is 1. The van der Waals surface area contributed by atoms with E-state index in [9.17, 15) is 24.0 Å². The predicted molar refractivity (Wildman–Crippen MR) is 63.9 cm³/mol. The molecule has 0 bridgehead atoms. The van der Waals surface area contributed by atoms with E-state index in [1.54, 1.807) is 0 Å². The molecule has 0 spiro atoms. The van der Waals surface area contributed by atoms with Gasteiger partial charge in [-0.15, -0.1) is 0 Å². The zero-order valence-corrected chi connectivity index (χ0v) is 10.6. The first-order valence-corrected chi connectivity index (χ1v) is 5.95. The Morgan fingerprint density at radius 3 is 2.25 bits per heavy atom. The Hall–Kier alpha value is -2.45. The Labute approximate surface area is 114 Å². The van der Waals surface area contributed by atoms with Gasteiger partial charge in [0, 0.05) is 25.8 Å². The maximum atomic E-state index is 11.5. The van der Waals surface area contributed by atoms with Crippen LogP contribution < -0.4 is 11.1 Å². The lowest BCUT2D eigenvalue weighted by Crippen LogP contribution is -2.44. The minimum absolute atomic E-state index is 0.105. The van der Waals surface area contributed by atoms with Crippen molar-refractivity contribution in [3.8, 4) is 0 Å². The molecule has 1 rings (SSSR count). The summed E-state index contributed by atoms with van der Waals surface area (Å²) in [7, 11) is 0. The minimum Gasteiger partial charge on any atom is -0.480 e. The Balaban J connectivity index is 2.46. The van der Waals surface area contributed by atoms with Crippen LogP contribution in [0.15, 0.2) is 0 Å². The average molecular weight is 285 g/mol. The van der Waals surface area contributed by atoms with E-state index in [0.29, 0.717) is 0 Å². The number of carboxylic acid groups (broad SMARTS) is 1. The van der Waals surface area contributed by atoms with E-state index in [4.69, 9.17) is 10.8 Å². The van der Waals surface area contributed by atoms with Crippen LogP contribution in [0.2, 0.25) is 0 Å². The maximum Gasteiger partial charge on any atom is 0.326 e. The molecule has 4 N–H and O–H groups in total. The van der Waals surface area contributed by atoms with Gasteiger partial charge in [-0.3, -0.25) is 24.1 Å². The van der Waals surface area contributed by atoms with Crippen LogP contribution in [0, 0.1) is 0 Å². The molecule has 1 aliphatic rings. The normalized spacial score (nSPS) is 16.1. The SMILES string of the molecule is NC(=O)C[C@@H](NC(=O)CCN1C(=O)CCC1=O)C(=O)O. The molecule has 110 valence electrons. The highest BCUT2D eigenvalue weighted by molar-refractivity contribution is 6.02. The molecule has 1 fully saturated rings. The van der Waals surface area contributed by atoms with Gasteiger partial charge in [-0.1, -0.05) is 0 Å². The first-order chi connectivity index (χ1) is 9.31. The summed E-state index contributed by atoms with van der Waals surface area (Å²) >= 11 is 0. The van der Waals surface area contributed by atoms with E-state index in [0.717, 1.165) is 4.90 Å². The zero-order valence-electron chi connectivity index (χ0n) is 10.6. The van der Waals surface area contributed by atoms with E-state index in [2.05, 4.69) is 5.32 Å². The monoisotopic (exact) mass is 285 g/mol. The van der Waals surface area contributed by atoms with Gasteiger partial charge in [0.05, 0.1) is 6.42 Å². The first kappa shape index (κ1) is 15.6. The molecule has 1 saturated heterocycles. The van der Waals surface area contributed by atoms with Crippen molar-refractivity contribution in [2.75, 3.05) is 6.54 Å². The number of nitrogens with two attached hydrogens (primary N) is 1. The van der Waals surface area contributed by atoms with Gasteiger partial charge < -0.3 is 16.2 Å². The summed E-state index contributed by atoms with van der Waals surface area (Å²) < 4.78 is 0. The number of primary amides is 1. The van der Waals surface area contributed by atoms with Crippen molar-refractivity contribution in [1.29, 1.82) is 0 Å². The Morgan fingerprint density at radius 1 is 1.25 bits per heavy atom. The van der Waals surface area contributed by atoms with Crippen molar-refractivity contribution in [3.63, 3.8) is 0 Å². The van der Waals surface area contributed by atoms with Gasteiger partial charge >= 0.3 is 5.97 Å². The number of imide groups is 1. The maximum absolute atomic E-state index is 11.5. The predicted octanol–water partition coefficient (Wildman–Crippen LogP) is -2.03.